The number of carbonyl (C=O) groups is 2. The van der Waals surface area contributed by atoms with Crippen LogP contribution in [0, 0.1) is 12.7 Å². The van der Waals surface area contributed by atoms with E-state index >= 15 is 0 Å². The summed E-state index contributed by atoms with van der Waals surface area (Å²) in [6, 6.07) is 14.0. The Morgan fingerprint density at radius 1 is 1.11 bits per heavy atom. The Hall–Kier alpha value is -3.78. The SMILES string of the molecule is Cc1ccc(C(=O)C2=C(O)C(=O)N(c3nc4ccc(F)cc4s3)[C@H]2c2ccc(C(C)(C)C)cc2)o1. The molecule has 0 saturated carbocycles. The Kier molecular flexibility index (Phi) is 5.36. The maximum absolute atomic E-state index is 13.8. The molecule has 2 aromatic heterocycles. The molecule has 1 N–H and O–H groups in total. The number of aromatic nitrogens is 1. The number of hydrogen-bond donors (Lipinski definition) is 1. The molecule has 5 rings (SSSR count). The maximum atomic E-state index is 13.8. The average Bonchev–Trinajstić information content (AvgIpc) is 3.49. The zero-order valence-electron chi connectivity index (χ0n) is 19.6. The molecule has 0 saturated heterocycles. The summed E-state index contributed by atoms with van der Waals surface area (Å²) in [6.45, 7) is 7.98. The van der Waals surface area contributed by atoms with Crippen molar-refractivity contribution in [2.45, 2.75) is 39.2 Å². The minimum Gasteiger partial charge on any atom is -0.503 e. The Bertz CT molecular complexity index is 1510. The molecule has 35 heavy (non-hydrogen) atoms. The van der Waals surface area contributed by atoms with Crippen LogP contribution in [0.1, 0.15) is 54.3 Å². The van der Waals surface area contributed by atoms with Gasteiger partial charge in [0.05, 0.1) is 21.8 Å². The summed E-state index contributed by atoms with van der Waals surface area (Å²) in [5, 5.41) is 11.2. The van der Waals surface area contributed by atoms with Crippen molar-refractivity contribution in [1.29, 1.82) is 0 Å². The van der Waals surface area contributed by atoms with Gasteiger partial charge >= 0.3 is 0 Å². The van der Waals surface area contributed by atoms with Gasteiger partial charge in [0.1, 0.15) is 11.6 Å². The van der Waals surface area contributed by atoms with E-state index in [2.05, 4.69) is 25.8 Å². The number of furan rings is 1. The number of carbonyl (C=O) groups excluding carboxylic acids is 2. The number of thiazole rings is 1. The number of aliphatic hydroxyl groups is 1. The first-order valence-corrected chi connectivity index (χ1v) is 11.9. The first-order valence-electron chi connectivity index (χ1n) is 11.1. The van der Waals surface area contributed by atoms with Crippen molar-refractivity contribution in [1.82, 2.24) is 4.98 Å². The van der Waals surface area contributed by atoms with Crippen LogP contribution in [0.15, 0.2) is 70.3 Å². The number of aliphatic hydroxyl groups excluding tert-OH is 1. The maximum Gasteiger partial charge on any atom is 0.296 e. The molecule has 0 aliphatic carbocycles. The number of benzene rings is 2. The van der Waals surface area contributed by atoms with Crippen molar-refractivity contribution in [3.8, 4) is 0 Å². The first-order chi connectivity index (χ1) is 16.5. The molecule has 0 unspecified atom stereocenters. The van der Waals surface area contributed by atoms with E-state index in [0.29, 0.717) is 21.5 Å². The van der Waals surface area contributed by atoms with Gasteiger partial charge in [-0.05, 0) is 53.8 Å². The number of nitrogens with zero attached hydrogens (tertiary/aromatic N) is 2. The minimum absolute atomic E-state index is 0.0291. The number of aryl methyl sites for hydroxylation is 1. The summed E-state index contributed by atoms with van der Waals surface area (Å²) in [7, 11) is 0. The van der Waals surface area contributed by atoms with Gasteiger partial charge < -0.3 is 9.52 Å². The summed E-state index contributed by atoms with van der Waals surface area (Å²) in [4.78, 5) is 32.6. The van der Waals surface area contributed by atoms with Crippen molar-refractivity contribution in [3.05, 3.63) is 94.4 Å². The number of halogens is 1. The largest absolute Gasteiger partial charge is 0.503 e. The van der Waals surface area contributed by atoms with E-state index < -0.39 is 29.3 Å². The second-order valence-corrected chi connectivity index (χ2v) is 10.6. The van der Waals surface area contributed by atoms with Crippen LogP contribution in [0.25, 0.3) is 10.2 Å². The average molecular weight is 491 g/mol. The Balaban J connectivity index is 1.67. The number of Topliss-reactive ketones (excluding diaryl/α,β-unsaturated/α-hetero) is 1. The highest BCUT2D eigenvalue weighted by atomic mass is 32.1. The van der Waals surface area contributed by atoms with E-state index in [9.17, 15) is 19.1 Å². The third kappa shape index (κ3) is 3.93. The second-order valence-electron chi connectivity index (χ2n) is 9.56. The highest BCUT2D eigenvalue weighted by Gasteiger charge is 2.46. The third-order valence-electron chi connectivity index (χ3n) is 6.05. The summed E-state index contributed by atoms with van der Waals surface area (Å²) in [5.74, 6) is -1.83. The lowest BCUT2D eigenvalue weighted by molar-refractivity contribution is -0.117. The smallest absolute Gasteiger partial charge is 0.296 e. The highest BCUT2D eigenvalue weighted by Crippen LogP contribution is 2.44. The number of anilines is 1. The lowest BCUT2D eigenvalue weighted by Crippen LogP contribution is -2.31. The van der Waals surface area contributed by atoms with Gasteiger partial charge in [0, 0.05) is 0 Å². The van der Waals surface area contributed by atoms with Crippen LogP contribution in [-0.2, 0) is 10.2 Å². The molecule has 3 heterocycles. The van der Waals surface area contributed by atoms with E-state index in [0.717, 1.165) is 16.9 Å². The van der Waals surface area contributed by atoms with E-state index in [4.69, 9.17) is 4.42 Å². The van der Waals surface area contributed by atoms with E-state index in [1.165, 1.54) is 29.2 Å². The molecule has 1 atom stereocenters. The van der Waals surface area contributed by atoms with Crippen molar-refractivity contribution < 1.29 is 23.5 Å². The summed E-state index contributed by atoms with van der Waals surface area (Å²) in [6.07, 6.45) is 0. The van der Waals surface area contributed by atoms with Crippen LogP contribution in [0.3, 0.4) is 0 Å². The van der Waals surface area contributed by atoms with E-state index in [-0.39, 0.29) is 21.9 Å². The van der Waals surface area contributed by atoms with Crippen LogP contribution in [0.2, 0.25) is 0 Å². The lowest BCUT2D eigenvalue weighted by atomic mass is 9.85. The highest BCUT2D eigenvalue weighted by molar-refractivity contribution is 7.22. The zero-order chi connectivity index (χ0) is 25.1. The molecule has 6 nitrogen and oxygen atoms in total. The molecule has 0 fully saturated rings. The van der Waals surface area contributed by atoms with Gasteiger partial charge in [0.15, 0.2) is 16.7 Å². The number of amides is 1. The number of ketones is 1. The molecule has 2 aromatic carbocycles. The Labute approximate surface area is 205 Å². The van der Waals surface area contributed by atoms with Gasteiger partial charge in [-0.2, -0.15) is 0 Å². The van der Waals surface area contributed by atoms with Crippen LogP contribution in [0.5, 0.6) is 0 Å². The van der Waals surface area contributed by atoms with Crippen LogP contribution in [-0.4, -0.2) is 21.8 Å². The summed E-state index contributed by atoms with van der Waals surface area (Å²) >= 11 is 1.12. The molecular formula is C27H23FN2O4S. The lowest BCUT2D eigenvalue weighted by Gasteiger charge is -2.25. The van der Waals surface area contributed by atoms with Gasteiger partial charge in [-0.25, -0.2) is 9.37 Å². The Morgan fingerprint density at radius 2 is 1.83 bits per heavy atom. The van der Waals surface area contributed by atoms with Gasteiger partial charge in [-0.15, -0.1) is 0 Å². The number of rotatable bonds is 4. The van der Waals surface area contributed by atoms with E-state index in [1.807, 2.05) is 24.3 Å². The first kappa shape index (κ1) is 23.0. The summed E-state index contributed by atoms with van der Waals surface area (Å²) < 4.78 is 19.9. The molecule has 178 valence electrons. The Morgan fingerprint density at radius 3 is 2.46 bits per heavy atom. The van der Waals surface area contributed by atoms with Crippen LogP contribution < -0.4 is 4.90 Å². The fraction of sp³-hybridized carbons (Fsp3) is 0.222. The number of fused-ring (bicyclic) bond motifs is 1. The van der Waals surface area contributed by atoms with Crippen molar-refractivity contribution >= 4 is 38.4 Å². The van der Waals surface area contributed by atoms with Gasteiger partial charge in [-0.3, -0.25) is 14.5 Å². The topological polar surface area (TPSA) is 83.6 Å². The second kappa shape index (κ2) is 8.16. The fourth-order valence-corrected chi connectivity index (χ4v) is 5.21. The zero-order valence-corrected chi connectivity index (χ0v) is 20.4. The molecule has 0 spiro atoms. The predicted octanol–water partition coefficient (Wildman–Crippen LogP) is 6.42. The van der Waals surface area contributed by atoms with E-state index in [1.54, 1.807) is 13.0 Å². The molecule has 0 radical (unpaired) electrons. The fourth-order valence-electron chi connectivity index (χ4n) is 4.19. The molecule has 0 bridgehead atoms. The molecular weight excluding hydrogens is 467 g/mol. The number of hydrogen-bond acceptors (Lipinski definition) is 6. The minimum atomic E-state index is -0.931. The predicted molar refractivity (Wildman–Crippen MR) is 132 cm³/mol. The van der Waals surface area contributed by atoms with Crippen LogP contribution in [0.4, 0.5) is 9.52 Å². The van der Waals surface area contributed by atoms with Crippen molar-refractivity contribution in [2.75, 3.05) is 4.90 Å². The van der Waals surface area contributed by atoms with Crippen molar-refractivity contribution in [3.63, 3.8) is 0 Å². The summed E-state index contributed by atoms with van der Waals surface area (Å²) in [5.41, 5.74) is 2.05. The van der Waals surface area contributed by atoms with Gasteiger partial charge in [0.2, 0.25) is 5.78 Å². The quantitative estimate of drug-likeness (QED) is 0.334. The monoisotopic (exact) mass is 490 g/mol. The van der Waals surface area contributed by atoms with Gasteiger partial charge in [-0.1, -0.05) is 56.4 Å². The third-order valence-corrected chi connectivity index (χ3v) is 7.07. The van der Waals surface area contributed by atoms with Gasteiger partial charge in [0.25, 0.3) is 5.91 Å². The van der Waals surface area contributed by atoms with Crippen molar-refractivity contribution in [2.24, 2.45) is 0 Å². The van der Waals surface area contributed by atoms with Crippen LogP contribution >= 0.6 is 11.3 Å². The molecule has 4 aromatic rings. The molecule has 1 amide bonds. The normalized spacial score (nSPS) is 16.5. The standard InChI is InChI=1S/C27H23FN2O4S/c1-14-5-12-19(34-14)23(31)21-22(15-6-8-16(9-7-15)27(2,3)4)30(25(33)24(21)32)26-29-18-11-10-17(28)13-20(18)35-26/h5-13,22,32H,1-4H3/t22-/m0/s1. The molecule has 8 heteroatoms. The molecule has 1 aliphatic rings. The molecule has 1 aliphatic heterocycles.